The van der Waals surface area contributed by atoms with Gasteiger partial charge in [0.25, 0.3) is 0 Å². The minimum Gasteiger partial charge on any atom is -0.488 e. The molecule has 2 aromatic rings. The standard InChI is InChI=1S/C15H14ClNO2/c16-15-8-14(12-10-18-7-6-13(12)17-15)19-9-11-4-2-1-3-5-11/h1-5,8H,6-7,9-10H2. The molecule has 0 bridgehead atoms. The maximum atomic E-state index is 6.03. The van der Waals surface area contributed by atoms with Crippen LogP contribution in [0.5, 0.6) is 5.75 Å². The number of benzene rings is 1. The van der Waals surface area contributed by atoms with Gasteiger partial charge in [0.15, 0.2) is 0 Å². The van der Waals surface area contributed by atoms with E-state index in [9.17, 15) is 0 Å². The molecule has 98 valence electrons. The van der Waals surface area contributed by atoms with Gasteiger partial charge in [-0.2, -0.15) is 0 Å². The monoisotopic (exact) mass is 275 g/mol. The zero-order chi connectivity index (χ0) is 13.1. The fraction of sp³-hybridized carbons (Fsp3) is 0.267. The van der Waals surface area contributed by atoms with Crippen molar-refractivity contribution in [2.75, 3.05) is 6.61 Å². The Hall–Kier alpha value is -1.58. The van der Waals surface area contributed by atoms with Crippen molar-refractivity contribution < 1.29 is 9.47 Å². The number of aromatic nitrogens is 1. The summed E-state index contributed by atoms with van der Waals surface area (Å²) in [5.41, 5.74) is 3.13. The molecule has 19 heavy (non-hydrogen) atoms. The molecule has 0 aliphatic carbocycles. The maximum absolute atomic E-state index is 6.03. The average molecular weight is 276 g/mol. The van der Waals surface area contributed by atoms with Crippen LogP contribution in [0.3, 0.4) is 0 Å². The number of hydrogen-bond acceptors (Lipinski definition) is 3. The Morgan fingerprint density at radius 3 is 2.95 bits per heavy atom. The highest BCUT2D eigenvalue weighted by Gasteiger charge is 2.17. The molecule has 1 aromatic heterocycles. The largest absolute Gasteiger partial charge is 0.488 e. The molecule has 0 fully saturated rings. The van der Waals surface area contributed by atoms with Crippen LogP contribution in [0.2, 0.25) is 5.15 Å². The molecule has 0 radical (unpaired) electrons. The van der Waals surface area contributed by atoms with Gasteiger partial charge in [0.2, 0.25) is 0 Å². The van der Waals surface area contributed by atoms with E-state index in [1.54, 1.807) is 6.07 Å². The summed E-state index contributed by atoms with van der Waals surface area (Å²) >= 11 is 6.03. The molecule has 0 saturated carbocycles. The molecule has 0 N–H and O–H groups in total. The summed E-state index contributed by atoms with van der Waals surface area (Å²) in [5, 5.41) is 0.476. The van der Waals surface area contributed by atoms with Crippen molar-refractivity contribution in [2.45, 2.75) is 19.6 Å². The second kappa shape index (κ2) is 5.59. The third kappa shape index (κ3) is 2.88. The average Bonchev–Trinajstić information content (AvgIpc) is 2.45. The Kier molecular flexibility index (Phi) is 3.67. The third-order valence-electron chi connectivity index (χ3n) is 3.10. The van der Waals surface area contributed by atoms with E-state index in [1.165, 1.54) is 0 Å². The van der Waals surface area contributed by atoms with Crippen LogP contribution < -0.4 is 4.74 Å². The molecule has 3 rings (SSSR count). The van der Waals surface area contributed by atoms with E-state index in [1.807, 2.05) is 30.3 Å². The van der Waals surface area contributed by atoms with Crippen molar-refractivity contribution in [2.24, 2.45) is 0 Å². The first-order chi connectivity index (χ1) is 9.33. The van der Waals surface area contributed by atoms with Crippen LogP contribution in [0.4, 0.5) is 0 Å². The Morgan fingerprint density at radius 1 is 1.26 bits per heavy atom. The number of pyridine rings is 1. The molecule has 2 heterocycles. The molecule has 3 nitrogen and oxygen atoms in total. The van der Waals surface area contributed by atoms with Gasteiger partial charge >= 0.3 is 0 Å². The van der Waals surface area contributed by atoms with E-state index >= 15 is 0 Å². The summed E-state index contributed by atoms with van der Waals surface area (Å²) < 4.78 is 11.3. The second-order valence-corrected chi connectivity index (χ2v) is 4.83. The van der Waals surface area contributed by atoms with Crippen molar-refractivity contribution in [3.63, 3.8) is 0 Å². The minimum atomic E-state index is 0.476. The van der Waals surface area contributed by atoms with Gasteiger partial charge in [-0.1, -0.05) is 41.9 Å². The van der Waals surface area contributed by atoms with Crippen molar-refractivity contribution >= 4 is 11.6 Å². The Morgan fingerprint density at radius 2 is 2.11 bits per heavy atom. The van der Waals surface area contributed by atoms with Crippen molar-refractivity contribution in [3.05, 3.63) is 58.4 Å². The van der Waals surface area contributed by atoms with Crippen LogP contribution in [0.15, 0.2) is 36.4 Å². The first-order valence-electron chi connectivity index (χ1n) is 6.26. The molecule has 0 spiro atoms. The van der Waals surface area contributed by atoms with Crippen molar-refractivity contribution in [1.82, 2.24) is 4.98 Å². The first kappa shape index (κ1) is 12.5. The number of fused-ring (bicyclic) bond motifs is 1. The lowest BCUT2D eigenvalue weighted by molar-refractivity contribution is 0.105. The Balaban J connectivity index is 1.82. The fourth-order valence-corrected chi connectivity index (χ4v) is 2.34. The minimum absolute atomic E-state index is 0.476. The smallest absolute Gasteiger partial charge is 0.133 e. The van der Waals surface area contributed by atoms with Crippen LogP contribution in [-0.4, -0.2) is 11.6 Å². The number of nitrogens with zero attached hydrogens (tertiary/aromatic N) is 1. The lowest BCUT2D eigenvalue weighted by Gasteiger charge is -2.19. The van der Waals surface area contributed by atoms with Gasteiger partial charge in [-0.25, -0.2) is 4.98 Å². The molecule has 0 saturated heterocycles. The molecule has 4 heteroatoms. The SMILES string of the molecule is Clc1cc(OCc2ccccc2)c2c(n1)CCOC2. The number of halogens is 1. The number of rotatable bonds is 3. The summed E-state index contributed by atoms with van der Waals surface area (Å²) in [6.07, 6.45) is 0.789. The van der Waals surface area contributed by atoms with Crippen LogP contribution in [0.25, 0.3) is 0 Å². The molecular weight excluding hydrogens is 262 g/mol. The van der Waals surface area contributed by atoms with Crippen LogP contribution in [0, 0.1) is 0 Å². The van der Waals surface area contributed by atoms with Crippen LogP contribution in [-0.2, 0) is 24.4 Å². The van der Waals surface area contributed by atoms with E-state index in [-0.39, 0.29) is 0 Å². The van der Waals surface area contributed by atoms with Crippen LogP contribution in [0.1, 0.15) is 16.8 Å². The Labute approximate surface area is 117 Å². The van der Waals surface area contributed by atoms with E-state index < -0.39 is 0 Å². The molecule has 1 aromatic carbocycles. The van der Waals surface area contributed by atoms with E-state index in [0.29, 0.717) is 25.0 Å². The first-order valence-corrected chi connectivity index (χ1v) is 6.63. The summed E-state index contributed by atoms with van der Waals surface area (Å²) in [6.45, 7) is 1.76. The summed E-state index contributed by atoms with van der Waals surface area (Å²) in [7, 11) is 0. The Bertz CT molecular complexity index is 572. The van der Waals surface area contributed by atoms with Gasteiger partial charge in [-0.15, -0.1) is 0 Å². The van der Waals surface area contributed by atoms with E-state index in [2.05, 4.69) is 4.98 Å². The van der Waals surface area contributed by atoms with Gasteiger partial charge in [0.05, 0.1) is 18.9 Å². The maximum Gasteiger partial charge on any atom is 0.133 e. The highest BCUT2D eigenvalue weighted by Crippen LogP contribution is 2.29. The highest BCUT2D eigenvalue weighted by atomic mass is 35.5. The summed E-state index contributed by atoms with van der Waals surface area (Å²) in [6, 6.07) is 11.8. The van der Waals surface area contributed by atoms with Crippen molar-refractivity contribution in [3.8, 4) is 5.75 Å². The van der Waals surface area contributed by atoms with E-state index in [4.69, 9.17) is 21.1 Å². The molecule has 0 unspecified atom stereocenters. The number of ether oxygens (including phenoxy) is 2. The zero-order valence-corrected chi connectivity index (χ0v) is 11.2. The summed E-state index contributed by atoms with van der Waals surface area (Å²) in [4.78, 5) is 4.33. The van der Waals surface area contributed by atoms with Crippen molar-refractivity contribution in [1.29, 1.82) is 0 Å². The lowest BCUT2D eigenvalue weighted by atomic mass is 10.1. The second-order valence-electron chi connectivity index (χ2n) is 4.45. The quantitative estimate of drug-likeness (QED) is 0.805. The summed E-state index contributed by atoms with van der Waals surface area (Å²) in [5.74, 6) is 0.776. The predicted octanol–water partition coefficient (Wildman–Crippen LogP) is 3.39. The molecule has 0 atom stereocenters. The molecule has 1 aliphatic heterocycles. The molecular formula is C15H14ClNO2. The van der Waals surface area contributed by atoms with Gasteiger partial charge in [-0.3, -0.25) is 0 Å². The topological polar surface area (TPSA) is 31.4 Å². The fourth-order valence-electron chi connectivity index (χ4n) is 2.13. The zero-order valence-electron chi connectivity index (χ0n) is 10.4. The number of hydrogen-bond donors (Lipinski definition) is 0. The van der Waals surface area contributed by atoms with Gasteiger partial charge in [-0.05, 0) is 5.56 Å². The van der Waals surface area contributed by atoms with Gasteiger partial charge in [0.1, 0.15) is 17.5 Å². The van der Waals surface area contributed by atoms with E-state index in [0.717, 1.165) is 29.0 Å². The van der Waals surface area contributed by atoms with Gasteiger partial charge < -0.3 is 9.47 Å². The normalized spacial score (nSPS) is 13.9. The van der Waals surface area contributed by atoms with Crippen LogP contribution >= 0.6 is 11.6 Å². The third-order valence-corrected chi connectivity index (χ3v) is 3.30. The highest BCUT2D eigenvalue weighted by molar-refractivity contribution is 6.29. The molecule has 0 amide bonds. The molecule has 1 aliphatic rings. The predicted molar refractivity (Wildman–Crippen MR) is 73.4 cm³/mol. The lowest BCUT2D eigenvalue weighted by Crippen LogP contribution is -2.13. The van der Waals surface area contributed by atoms with Gasteiger partial charge in [0, 0.05) is 18.1 Å².